The van der Waals surface area contributed by atoms with E-state index in [1.165, 1.54) is 43.1 Å². The van der Waals surface area contributed by atoms with E-state index in [0.717, 1.165) is 12.5 Å². The Morgan fingerprint density at radius 3 is 2.62 bits per heavy atom. The second-order valence-corrected chi connectivity index (χ2v) is 8.55. The van der Waals surface area contributed by atoms with Gasteiger partial charge in [-0.05, 0) is 61.7 Å². The van der Waals surface area contributed by atoms with Crippen molar-refractivity contribution < 1.29 is 22.4 Å². The average Bonchev–Trinajstić information content (AvgIpc) is 3.18. The number of likely N-dealkylation sites (tertiary alicyclic amines) is 1. The van der Waals surface area contributed by atoms with Gasteiger partial charge in [0.2, 0.25) is 5.91 Å². The Bertz CT molecular complexity index is 1060. The van der Waals surface area contributed by atoms with E-state index in [1.54, 1.807) is 12.1 Å². The lowest BCUT2D eigenvalue weighted by Crippen LogP contribution is -2.44. The molecule has 0 radical (unpaired) electrons. The molecule has 0 aromatic heterocycles. The molecule has 1 fully saturated rings. The second kappa shape index (κ2) is 8.20. The number of amides is 2. The maximum absolute atomic E-state index is 13.4. The average molecular weight is 419 g/mol. The number of halogens is 1. The largest absolute Gasteiger partial charge is 0.357 e. The molecule has 1 saturated heterocycles. The minimum Gasteiger partial charge on any atom is -0.357 e. The molecule has 1 aliphatic heterocycles. The molecule has 2 aromatic carbocycles. The zero-order chi connectivity index (χ0) is 21.2. The van der Waals surface area contributed by atoms with Crippen LogP contribution in [0.5, 0.6) is 0 Å². The minimum atomic E-state index is -3.95. The number of nitrogens with one attached hydrogen (secondary N) is 2. The van der Waals surface area contributed by atoms with Crippen molar-refractivity contribution in [1.82, 2.24) is 10.2 Å². The van der Waals surface area contributed by atoms with Gasteiger partial charge in [-0.1, -0.05) is 6.07 Å². The predicted molar refractivity (Wildman–Crippen MR) is 107 cm³/mol. The molecule has 154 valence electrons. The number of sulfonamides is 1. The fourth-order valence-corrected chi connectivity index (χ4v) is 4.46. The van der Waals surface area contributed by atoms with Gasteiger partial charge in [0.15, 0.2) is 0 Å². The summed E-state index contributed by atoms with van der Waals surface area (Å²) in [6, 6.07) is 9.06. The van der Waals surface area contributed by atoms with Crippen LogP contribution in [0.25, 0.3) is 0 Å². The quantitative estimate of drug-likeness (QED) is 0.777. The van der Waals surface area contributed by atoms with Crippen LogP contribution in [0, 0.1) is 12.7 Å². The number of anilines is 1. The lowest BCUT2D eigenvalue weighted by atomic mass is 10.1. The molecular formula is C20H22FN3O4S. The van der Waals surface area contributed by atoms with Gasteiger partial charge in [-0.2, -0.15) is 0 Å². The number of hydrogen-bond donors (Lipinski definition) is 2. The molecule has 9 heteroatoms. The van der Waals surface area contributed by atoms with Crippen LogP contribution in [0.3, 0.4) is 0 Å². The van der Waals surface area contributed by atoms with Crippen LogP contribution in [-0.2, 0) is 14.8 Å². The molecule has 0 saturated carbocycles. The molecule has 2 amide bonds. The highest BCUT2D eigenvalue weighted by Crippen LogP contribution is 2.23. The van der Waals surface area contributed by atoms with Crippen molar-refractivity contribution in [3.05, 3.63) is 59.4 Å². The topological polar surface area (TPSA) is 95.6 Å². The van der Waals surface area contributed by atoms with Gasteiger partial charge in [-0.25, -0.2) is 12.8 Å². The normalized spacial score (nSPS) is 16.5. The molecule has 3 rings (SSSR count). The summed E-state index contributed by atoms with van der Waals surface area (Å²) < 4.78 is 41.0. The number of benzene rings is 2. The van der Waals surface area contributed by atoms with Gasteiger partial charge >= 0.3 is 0 Å². The SMILES string of the molecule is CNC(=O)C1CCCN1C(=O)c1cccc(NS(=O)(=O)c2ccc(F)c(C)c2)c1. The summed E-state index contributed by atoms with van der Waals surface area (Å²) in [7, 11) is -2.42. The first-order chi connectivity index (χ1) is 13.7. The summed E-state index contributed by atoms with van der Waals surface area (Å²) >= 11 is 0. The number of nitrogens with zero attached hydrogens (tertiary/aromatic N) is 1. The van der Waals surface area contributed by atoms with E-state index < -0.39 is 21.9 Å². The first kappa shape index (κ1) is 20.8. The summed E-state index contributed by atoms with van der Waals surface area (Å²) in [6.45, 7) is 1.94. The summed E-state index contributed by atoms with van der Waals surface area (Å²) in [4.78, 5) is 26.3. The van der Waals surface area contributed by atoms with Crippen LogP contribution < -0.4 is 10.0 Å². The number of carbonyl (C=O) groups is 2. The van der Waals surface area contributed by atoms with Gasteiger partial charge in [-0.3, -0.25) is 14.3 Å². The molecule has 1 heterocycles. The Morgan fingerprint density at radius 1 is 1.17 bits per heavy atom. The van der Waals surface area contributed by atoms with Crippen molar-refractivity contribution in [1.29, 1.82) is 0 Å². The number of carbonyl (C=O) groups excluding carboxylic acids is 2. The smallest absolute Gasteiger partial charge is 0.261 e. The summed E-state index contributed by atoms with van der Waals surface area (Å²) in [5.74, 6) is -1.05. The van der Waals surface area contributed by atoms with E-state index in [0.29, 0.717) is 13.0 Å². The lowest BCUT2D eigenvalue weighted by Gasteiger charge is -2.23. The fraction of sp³-hybridized carbons (Fsp3) is 0.300. The third-order valence-corrected chi connectivity index (χ3v) is 6.24. The van der Waals surface area contributed by atoms with Crippen molar-refractivity contribution in [3.63, 3.8) is 0 Å². The zero-order valence-corrected chi connectivity index (χ0v) is 16.9. The summed E-state index contributed by atoms with van der Waals surface area (Å²) in [5, 5.41) is 2.56. The summed E-state index contributed by atoms with van der Waals surface area (Å²) in [6.07, 6.45) is 1.31. The highest BCUT2D eigenvalue weighted by atomic mass is 32.2. The Kier molecular flexibility index (Phi) is 5.88. The number of aryl methyl sites for hydroxylation is 1. The predicted octanol–water partition coefficient (Wildman–Crippen LogP) is 2.29. The van der Waals surface area contributed by atoms with E-state index in [-0.39, 0.29) is 33.5 Å². The molecule has 1 atom stereocenters. The van der Waals surface area contributed by atoms with Crippen LogP contribution in [0.15, 0.2) is 47.4 Å². The molecule has 0 bridgehead atoms. The molecular weight excluding hydrogens is 397 g/mol. The van der Waals surface area contributed by atoms with Gasteiger partial charge in [0.25, 0.3) is 15.9 Å². The summed E-state index contributed by atoms with van der Waals surface area (Å²) in [5.41, 5.74) is 0.691. The standard InChI is InChI=1S/C20H22FN3O4S/c1-13-11-16(8-9-17(13)21)29(27,28)23-15-6-3-5-14(12-15)20(26)24-10-4-7-18(24)19(25)22-2/h3,5-6,8-9,11-12,18,23H,4,7,10H2,1-2H3,(H,22,25). The van der Waals surface area contributed by atoms with E-state index in [1.807, 2.05) is 0 Å². The Hall–Kier alpha value is -2.94. The lowest BCUT2D eigenvalue weighted by molar-refractivity contribution is -0.124. The highest BCUT2D eigenvalue weighted by molar-refractivity contribution is 7.92. The van der Waals surface area contributed by atoms with Gasteiger partial charge in [0.05, 0.1) is 4.90 Å². The minimum absolute atomic E-state index is 0.0765. The maximum atomic E-state index is 13.4. The van der Waals surface area contributed by atoms with Crippen molar-refractivity contribution >= 4 is 27.5 Å². The number of likely N-dealkylation sites (N-methyl/N-ethyl adjacent to an activating group) is 1. The third-order valence-electron chi connectivity index (χ3n) is 4.86. The number of rotatable bonds is 5. The third kappa shape index (κ3) is 4.40. The van der Waals surface area contributed by atoms with E-state index in [2.05, 4.69) is 10.0 Å². The van der Waals surface area contributed by atoms with Crippen molar-refractivity contribution in [2.45, 2.75) is 30.7 Å². The molecule has 0 spiro atoms. The number of hydrogen-bond acceptors (Lipinski definition) is 4. The second-order valence-electron chi connectivity index (χ2n) is 6.87. The molecule has 1 unspecified atom stereocenters. The van der Waals surface area contributed by atoms with Crippen molar-refractivity contribution in [3.8, 4) is 0 Å². The van der Waals surface area contributed by atoms with Crippen molar-refractivity contribution in [2.24, 2.45) is 0 Å². The highest BCUT2D eigenvalue weighted by Gasteiger charge is 2.34. The first-order valence-corrected chi connectivity index (χ1v) is 10.6. The molecule has 2 aromatic rings. The van der Waals surface area contributed by atoms with Crippen molar-refractivity contribution in [2.75, 3.05) is 18.3 Å². The monoisotopic (exact) mass is 419 g/mol. The first-order valence-electron chi connectivity index (χ1n) is 9.14. The van der Waals surface area contributed by atoms with Crippen LogP contribution >= 0.6 is 0 Å². The Morgan fingerprint density at radius 2 is 1.93 bits per heavy atom. The van der Waals surface area contributed by atoms with Gasteiger partial charge in [0, 0.05) is 24.8 Å². The zero-order valence-electron chi connectivity index (χ0n) is 16.1. The van der Waals surface area contributed by atoms with Crippen LogP contribution in [-0.4, -0.2) is 44.8 Å². The van der Waals surface area contributed by atoms with Crippen LogP contribution in [0.1, 0.15) is 28.8 Å². The van der Waals surface area contributed by atoms with Crippen LogP contribution in [0.4, 0.5) is 10.1 Å². The molecule has 1 aliphatic rings. The molecule has 29 heavy (non-hydrogen) atoms. The molecule has 2 N–H and O–H groups in total. The molecule has 7 nitrogen and oxygen atoms in total. The van der Waals surface area contributed by atoms with Gasteiger partial charge in [-0.15, -0.1) is 0 Å². The maximum Gasteiger partial charge on any atom is 0.261 e. The van der Waals surface area contributed by atoms with E-state index in [4.69, 9.17) is 0 Å². The Balaban J connectivity index is 1.83. The Labute approximate surface area is 169 Å². The van der Waals surface area contributed by atoms with Gasteiger partial charge < -0.3 is 10.2 Å². The van der Waals surface area contributed by atoms with E-state index in [9.17, 15) is 22.4 Å². The van der Waals surface area contributed by atoms with Gasteiger partial charge in [0.1, 0.15) is 11.9 Å². The van der Waals surface area contributed by atoms with E-state index >= 15 is 0 Å². The molecule has 0 aliphatic carbocycles. The fourth-order valence-electron chi connectivity index (χ4n) is 3.33. The van der Waals surface area contributed by atoms with Crippen LogP contribution in [0.2, 0.25) is 0 Å².